The largest absolute Gasteiger partial charge is 0.484 e. The highest BCUT2D eigenvalue weighted by Gasteiger charge is 2.32. The number of ether oxygens (including phenoxy) is 1. The minimum Gasteiger partial charge on any atom is -0.484 e. The van der Waals surface area contributed by atoms with Crippen LogP contribution in [0.3, 0.4) is 0 Å². The fourth-order valence-corrected chi connectivity index (χ4v) is 2.88. The van der Waals surface area contributed by atoms with Crippen LogP contribution in [0.4, 0.5) is 0 Å². The smallest absolute Gasteiger partial charge is 0.258 e. The van der Waals surface area contributed by atoms with Crippen LogP contribution in [-0.4, -0.2) is 39.2 Å². The van der Waals surface area contributed by atoms with Gasteiger partial charge in [0.05, 0.1) is 0 Å². The van der Waals surface area contributed by atoms with Crippen molar-refractivity contribution in [3.63, 3.8) is 0 Å². The highest BCUT2D eigenvalue weighted by atomic mass is 16.5. The summed E-state index contributed by atoms with van der Waals surface area (Å²) in [5.74, 6) is 1.41. The third-order valence-corrected chi connectivity index (χ3v) is 4.01. The predicted octanol–water partition coefficient (Wildman–Crippen LogP) is 1.34. The quantitative estimate of drug-likeness (QED) is 0.869. The minimum atomic E-state index is -0.122. The van der Waals surface area contributed by atoms with Crippen molar-refractivity contribution < 1.29 is 9.53 Å². The van der Waals surface area contributed by atoms with Crippen LogP contribution in [0.1, 0.15) is 36.6 Å². The molecule has 1 saturated carbocycles. The van der Waals surface area contributed by atoms with Crippen LogP contribution in [0, 0.1) is 6.92 Å². The van der Waals surface area contributed by atoms with Gasteiger partial charge in [0, 0.05) is 12.0 Å². The molecule has 7 heteroatoms. The number of tetrazole rings is 1. The molecule has 1 aliphatic rings. The van der Waals surface area contributed by atoms with E-state index in [0.29, 0.717) is 5.82 Å². The summed E-state index contributed by atoms with van der Waals surface area (Å²) in [6.07, 6.45) is 2.93. The summed E-state index contributed by atoms with van der Waals surface area (Å²) in [5, 5.41) is 17.1. The molecule has 0 spiro atoms. The monoisotopic (exact) mass is 301 g/mol. The molecule has 2 atom stereocenters. The summed E-state index contributed by atoms with van der Waals surface area (Å²) < 4.78 is 5.57. The lowest BCUT2D eigenvalue weighted by Gasteiger charge is -2.18. The summed E-state index contributed by atoms with van der Waals surface area (Å²) in [6, 6.07) is 7.70. The Morgan fingerprint density at radius 2 is 2.27 bits per heavy atom. The van der Waals surface area contributed by atoms with Crippen LogP contribution >= 0.6 is 0 Å². The molecule has 2 N–H and O–H groups in total. The number of aromatic amines is 1. The number of aryl methyl sites for hydroxylation is 1. The lowest BCUT2D eigenvalue weighted by Crippen LogP contribution is -2.39. The number of carbonyl (C=O) groups excluding carboxylic acids is 1. The molecule has 1 heterocycles. The summed E-state index contributed by atoms with van der Waals surface area (Å²) in [4.78, 5) is 12.1. The van der Waals surface area contributed by atoms with E-state index in [1.807, 2.05) is 31.2 Å². The van der Waals surface area contributed by atoms with Gasteiger partial charge < -0.3 is 10.1 Å². The molecule has 3 rings (SSSR count). The Bertz CT molecular complexity index is 629. The van der Waals surface area contributed by atoms with Crippen LogP contribution < -0.4 is 10.1 Å². The van der Waals surface area contributed by atoms with Crippen molar-refractivity contribution in [3.8, 4) is 5.75 Å². The number of benzene rings is 1. The number of para-hydroxylation sites is 1. The maximum atomic E-state index is 12.1. The first-order valence-electron chi connectivity index (χ1n) is 7.45. The Kier molecular flexibility index (Phi) is 4.32. The number of nitrogens with one attached hydrogen (secondary N) is 2. The van der Waals surface area contributed by atoms with E-state index in [2.05, 4.69) is 25.9 Å². The Labute approximate surface area is 128 Å². The molecule has 1 aliphatic carbocycles. The average molecular weight is 301 g/mol. The van der Waals surface area contributed by atoms with Crippen LogP contribution in [0.15, 0.2) is 24.3 Å². The fourth-order valence-electron chi connectivity index (χ4n) is 2.88. The summed E-state index contributed by atoms with van der Waals surface area (Å²) in [6.45, 7) is 1.97. The van der Waals surface area contributed by atoms with Crippen molar-refractivity contribution >= 4 is 5.91 Å². The summed E-state index contributed by atoms with van der Waals surface area (Å²) >= 11 is 0. The van der Waals surface area contributed by atoms with Gasteiger partial charge in [-0.25, -0.2) is 0 Å². The first kappa shape index (κ1) is 14.5. The molecule has 116 valence electrons. The van der Waals surface area contributed by atoms with Gasteiger partial charge in [0.2, 0.25) is 0 Å². The highest BCUT2D eigenvalue weighted by molar-refractivity contribution is 5.78. The van der Waals surface area contributed by atoms with Gasteiger partial charge >= 0.3 is 0 Å². The zero-order valence-corrected chi connectivity index (χ0v) is 12.5. The topological polar surface area (TPSA) is 92.8 Å². The van der Waals surface area contributed by atoms with Gasteiger partial charge in [-0.05, 0) is 31.4 Å². The average Bonchev–Trinajstić information content (AvgIpc) is 3.17. The number of H-pyrrole nitrogens is 1. The van der Waals surface area contributed by atoms with Crippen LogP contribution in [0.2, 0.25) is 0 Å². The van der Waals surface area contributed by atoms with E-state index in [-0.39, 0.29) is 24.5 Å². The summed E-state index contributed by atoms with van der Waals surface area (Å²) in [5.41, 5.74) is 1.01. The van der Waals surface area contributed by atoms with E-state index in [1.54, 1.807) is 0 Å². The van der Waals surface area contributed by atoms with Gasteiger partial charge in [0.1, 0.15) is 5.75 Å². The molecule has 7 nitrogen and oxygen atoms in total. The van der Waals surface area contributed by atoms with Gasteiger partial charge in [0.25, 0.3) is 5.91 Å². The number of amides is 1. The third-order valence-electron chi connectivity index (χ3n) is 4.01. The molecular weight excluding hydrogens is 282 g/mol. The maximum absolute atomic E-state index is 12.1. The Balaban J connectivity index is 1.54. The molecule has 2 aromatic rings. The van der Waals surface area contributed by atoms with E-state index in [1.165, 1.54) is 0 Å². The molecule has 0 bridgehead atoms. The number of carbonyl (C=O) groups is 1. The van der Waals surface area contributed by atoms with Crippen molar-refractivity contribution in [1.29, 1.82) is 0 Å². The van der Waals surface area contributed by atoms with Crippen molar-refractivity contribution in [2.45, 2.75) is 38.1 Å². The van der Waals surface area contributed by atoms with Crippen molar-refractivity contribution in [2.24, 2.45) is 0 Å². The van der Waals surface area contributed by atoms with Gasteiger partial charge in [-0.2, -0.15) is 5.21 Å². The Morgan fingerprint density at radius 1 is 1.41 bits per heavy atom. The van der Waals surface area contributed by atoms with Crippen molar-refractivity contribution in [1.82, 2.24) is 25.9 Å². The molecule has 1 aromatic heterocycles. The van der Waals surface area contributed by atoms with Crippen molar-refractivity contribution in [3.05, 3.63) is 35.7 Å². The Hall–Kier alpha value is -2.44. The van der Waals surface area contributed by atoms with Gasteiger partial charge in [0.15, 0.2) is 12.4 Å². The molecular formula is C15H19N5O2. The van der Waals surface area contributed by atoms with Gasteiger partial charge in [-0.1, -0.05) is 29.8 Å². The Morgan fingerprint density at radius 3 is 3.05 bits per heavy atom. The summed E-state index contributed by atoms with van der Waals surface area (Å²) in [7, 11) is 0. The first-order chi connectivity index (χ1) is 10.7. The highest BCUT2D eigenvalue weighted by Crippen LogP contribution is 2.32. The third kappa shape index (κ3) is 3.24. The number of hydrogen-bond donors (Lipinski definition) is 2. The molecule has 2 unspecified atom stereocenters. The van der Waals surface area contributed by atoms with Crippen molar-refractivity contribution in [2.75, 3.05) is 6.61 Å². The fraction of sp³-hybridized carbons (Fsp3) is 0.467. The molecule has 1 amide bonds. The number of aromatic nitrogens is 4. The second-order valence-electron chi connectivity index (χ2n) is 5.54. The normalized spacial score (nSPS) is 20.8. The molecule has 1 aromatic carbocycles. The van der Waals surface area contributed by atoms with Gasteiger partial charge in [-0.3, -0.25) is 4.79 Å². The second-order valence-corrected chi connectivity index (χ2v) is 5.54. The van der Waals surface area contributed by atoms with E-state index in [0.717, 1.165) is 30.6 Å². The van der Waals surface area contributed by atoms with E-state index >= 15 is 0 Å². The van der Waals surface area contributed by atoms with Crippen LogP contribution in [-0.2, 0) is 4.79 Å². The lowest BCUT2D eigenvalue weighted by molar-refractivity contribution is -0.123. The molecule has 0 aliphatic heterocycles. The minimum absolute atomic E-state index is 0.0142. The predicted molar refractivity (Wildman–Crippen MR) is 79.4 cm³/mol. The molecule has 1 fully saturated rings. The lowest BCUT2D eigenvalue weighted by atomic mass is 10.0. The SMILES string of the molecule is Cc1ccccc1OCC(=O)NC1CCCC1c1nn[nH]n1. The van der Waals surface area contributed by atoms with Gasteiger partial charge in [-0.15, -0.1) is 10.2 Å². The first-order valence-corrected chi connectivity index (χ1v) is 7.45. The van der Waals surface area contributed by atoms with Crippen LogP contribution in [0.25, 0.3) is 0 Å². The standard InChI is InChI=1S/C15H19N5O2/c1-10-5-2-3-8-13(10)22-9-14(21)16-12-7-4-6-11(12)15-17-19-20-18-15/h2-3,5,8,11-12H,4,6-7,9H2,1H3,(H,16,21)(H,17,18,19,20). The van der Waals surface area contributed by atoms with E-state index in [4.69, 9.17) is 4.74 Å². The zero-order valence-electron chi connectivity index (χ0n) is 12.5. The number of nitrogens with zero attached hydrogens (tertiary/aromatic N) is 3. The second kappa shape index (κ2) is 6.55. The maximum Gasteiger partial charge on any atom is 0.258 e. The van der Waals surface area contributed by atoms with Crippen LogP contribution in [0.5, 0.6) is 5.75 Å². The number of rotatable bonds is 5. The molecule has 22 heavy (non-hydrogen) atoms. The molecule has 0 saturated heterocycles. The number of hydrogen-bond acceptors (Lipinski definition) is 5. The molecule has 0 radical (unpaired) electrons. The van der Waals surface area contributed by atoms with E-state index < -0.39 is 0 Å². The van der Waals surface area contributed by atoms with E-state index in [9.17, 15) is 4.79 Å². The zero-order chi connectivity index (χ0) is 15.4.